The summed E-state index contributed by atoms with van der Waals surface area (Å²) in [7, 11) is 0. The van der Waals surface area contributed by atoms with Crippen LogP contribution < -0.4 is 0 Å². The molecule has 1 aliphatic rings. The Morgan fingerprint density at radius 2 is 1.38 bits per heavy atom. The van der Waals surface area contributed by atoms with Crippen LogP contribution in [0.5, 0.6) is 0 Å². The molecule has 0 N–H and O–H groups in total. The van der Waals surface area contributed by atoms with Gasteiger partial charge in [-0.15, -0.1) is 0 Å². The number of hydrogen-bond acceptors (Lipinski definition) is 1. The predicted molar refractivity (Wildman–Crippen MR) is 105 cm³/mol. The van der Waals surface area contributed by atoms with Crippen LogP contribution in [0.3, 0.4) is 0 Å². The molecule has 1 nitrogen and oxygen atoms in total. The number of halogens is 1. The Morgan fingerprint density at radius 3 is 1.71 bits per heavy atom. The summed E-state index contributed by atoms with van der Waals surface area (Å²) in [4.78, 5) is 0. The van der Waals surface area contributed by atoms with Crippen LogP contribution in [-0.4, -0.2) is 6.10 Å². The zero-order chi connectivity index (χ0) is 18.2. The van der Waals surface area contributed by atoms with Crippen molar-refractivity contribution in [2.24, 2.45) is 5.92 Å². The van der Waals surface area contributed by atoms with Crippen LogP contribution in [0.2, 0.25) is 0 Å². The maximum Gasteiger partial charge on any atom is 0.0995 e. The van der Waals surface area contributed by atoms with Gasteiger partial charge < -0.3 is 4.74 Å². The highest BCUT2D eigenvalue weighted by Gasteiger charge is 2.32. The fourth-order valence-corrected chi connectivity index (χ4v) is 3.97. The molecule has 0 fully saturated rings. The zero-order valence-electron chi connectivity index (χ0n) is 16.5. The van der Waals surface area contributed by atoms with E-state index in [9.17, 15) is 0 Å². The van der Waals surface area contributed by atoms with E-state index < -0.39 is 0 Å². The molecule has 2 heteroatoms. The highest BCUT2D eigenvalue weighted by atomic mass is 35.5. The molecule has 0 saturated heterocycles. The molecule has 134 valence electrons. The first-order chi connectivity index (χ1) is 11.1. The van der Waals surface area contributed by atoms with Crippen LogP contribution in [-0.2, 0) is 4.74 Å². The largest absolute Gasteiger partial charge is 0.364 e. The van der Waals surface area contributed by atoms with Crippen LogP contribution in [0.4, 0.5) is 0 Å². The van der Waals surface area contributed by atoms with E-state index in [1.807, 2.05) is 0 Å². The second kappa shape index (κ2) is 7.62. The summed E-state index contributed by atoms with van der Waals surface area (Å²) in [5, 5.41) is 0.852. The maximum atomic E-state index is 6.38. The summed E-state index contributed by atoms with van der Waals surface area (Å²) in [6, 6.07) is 4.77. The summed E-state index contributed by atoms with van der Waals surface area (Å²) < 4.78 is 6.38. The minimum absolute atomic E-state index is 0.0477. The Hall–Kier alpha value is -0.790. The average molecular weight is 349 g/mol. The van der Waals surface area contributed by atoms with Gasteiger partial charge in [-0.3, -0.25) is 0 Å². The average Bonchev–Trinajstić information content (AvgIpc) is 2.50. The first kappa shape index (κ1) is 19.5. The minimum Gasteiger partial charge on any atom is -0.364 e. The first-order valence-electron chi connectivity index (χ1n) is 9.33. The third kappa shape index (κ3) is 3.89. The highest BCUT2D eigenvalue weighted by molar-refractivity contribution is 6.31. The quantitative estimate of drug-likeness (QED) is 0.525. The van der Waals surface area contributed by atoms with Gasteiger partial charge in [-0.2, -0.15) is 0 Å². The lowest BCUT2D eigenvalue weighted by Crippen LogP contribution is -2.30. The summed E-state index contributed by atoms with van der Waals surface area (Å²) in [6.45, 7) is 18.0. The SMILES string of the molecule is CC(C)c1cc(C(C)C)c([C@H](C)O[C@@H]2C(Cl)=C[C@@H]2C)c(C(C)C)c1. The van der Waals surface area contributed by atoms with E-state index in [-0.39, 0.29) is 12.2 Å². The smallest absolute Gasteiger partial charge is 0.0995 e. The molecule has 1 aliphatic carbocycles. The summed E-state index contributed by atoms with van der Waals surface area (Å²) in [5.74, 6) is 1.90. The molecule has 0 unspecified atom stereocenters. The molecular weight excluding hydrogens is 316 g/mol. The van der Waals surface area contributed by atoms with E-state index in [0.717, 1.165) is 5.03 Å². The van der Waals surface area contributed by atoms with Crippen molar-refractivity contribution in [3.05, 3.63) is 45.5 Å². The van der Waals surface area contributed by atoms with Gasteiger partial charge >= 0.3 is 0 Å². The lowest BCUT2D eigenvalue weighted by Gasteiger charge is -2.35. The standard InChI is InChI=1S/C22H33ClO/c1-12(2)17-10-18(13(3)4)21(19(11-17)14(5)6)16(8)24-22-15(7)9-20(22)23/h9-16,22H,1-8H3/t15-,16-,22-/m0/s1. The Bertz CT molecular complexity index is 583. The van der Waals surface area contributed by atoms with Crippen LogP contribution in [0.15, 0.2) is 23.2 Å². The van der Waals surface area contributed by atoms with Crippen molar-refractivity contribution >= 4 is 11.6 Å². The number of benzene rings is 1. The van der Waals surface area contributed by atoms with E-state index in [2.05, 4.69) is 73.6 Å². The van der Waals surface area contributed by atoms with Gasteiger partial charge in [-0.05, 0) is 46.9 Å². The maximum absolute atomic E-state index is 6.38. The zero-order valence-corrected chi connectivity index (χ0v) is 17.2. The normalized spacial score (nSPS) is 22.1. The van der Waals surface area contributed by atoms with E-state index in [1.165, 1.54) is 22.3 Å². The van der Waals surface area contributed by atoms with Crippen molar-refractivity contribution in [2.45, 2.75) is 85.4 Å². The van der Waals surface area contributed by atoms with E-state index >= 15 is 0 Å². The monoisotopic (exact) mass is 348 g/mol. The van der Waals surface area contributed by atoms with E-state index in [1.54, 1.807) is 0 Å². The van der Waals surface area contributed by atoms with Crippen LogP contribution in [0, 0.1) is 5.92 Å². The Balaban J connectivity index is 2.47. The van der Waals surface area contributed by atoms with Crippen molar-refractivity contribution in [2.75, 3.05) is 0 Å². The predicted octanol–water partition coefficient (Wildman–Crippen LogP) is 7.28. The number of hydrogen-bond donors (Lipinski definition) is 0. The molecule has 0 spiro atoms. The Labute approximate surface area is 153 Å². The van der Waals surface area contributed by atoms with Gasteiger partial charge in [0.15, 0.2) is 0 Å². The van der Waals surface area contributed by atoms with Gasteiger partial charge in [-0.25, -0.2) is 0 Å². The Morgan fingerprint density at radius 1 is 0.875 bits per heavy atom. The molecule has 0 bridgehead atoms. The van der Waals surface area contributed by atoms with Crippen LogP contribution in [0.1, 0.15) is 102 Å². The molecule has 2 rings (SSSR count). The van der Waals surface area contributed by atoms with Gasteiger partial charge in [0.2, 0.25) is 0 Å². The van der Waals surface area contributed by atoms with Gasteiger partial charge in [0.05, 0.1) is 12.2 Å². The van der Waals surface area contributed by atoms with E-state index in [4.69, 9.17) is 16.3 Å². The molecule has 0 radical (unpaired) electrons. The van der Waals surface area contributed by atoms with Gasteiger partial charge in [0.1, 0.15) is 0 Å². The lowest BCUT2D eigenvalue weighted by atomic mass is 9.82. The fourth-order valence-electron chi connectivity index (χ4n) is 3.52. The summed E-state index contributed by atoms with van der Waals surface area (Å²) >= 11 is 6.25. The highest BCUT2D eigenvalue weighted by Crippen LogP contribution is 2.41. The second-order valence-corrected chi connectivity index (χ2v) is 8.62. The molecule has 24 heavy (non-hydrogen) atoms. The molecule has 3 atom stereocenters. The molecule has 0 amide bonds. The van der Waals surface area contributed by atoms with Gasteiger partial charge in [0, 0.05) is 11.0 Å². The molecule has 0 heterocycles. The van der Waals surface area contributed by atoms with Crippen molar-refractivity contribution in [1.29, 1.82) is 0 Å². The van der Waals surface area contributed by atoms with E-state index in [0.29, 0.717) is 23.7 Å². The van der Waals surface area contributed by atoms with Crippen molar-refractivity contribution in [3.63, 3.8) is 0 Å². The van der Waals surface area contributed by atoms with Crippen molar-refractivity contribution in [1.82, 2.24) is 0 Å². The van der Waals surface area contributed by atoms with Crippen LogP contribution in [0.25, 0.3) is 0 Å². The lowest BCUT2D eigenvalue weighted by molar-refractivity contribution is -0.0101. The molecule has 1 aromatic rings. The molecule has 0 aromatic heterocycles. The van der Waals surface area contributed by atoms with Crippen molar-refractivity contribution in [3.8, 4) is 0 Å². The molecule has 0 saturated carbocycles. The third-order valence-electron chi connectivity index (χ3n) is 5.11. The van der Waals surface area contributed by atoms with Gasteiger partial charge in [0.25, 0.3) is 0 Å². The molecular formula is C22H33ClO. The second-order valence-electron chi connectivity index (χ2n) is 8.19. The van der Waals surface area contributed by atoms with Crippen LogP contribution >= 0.6 is 11.6 Å². The van der Waals surface area contributed by atoms with Crippen molar-refractivity contribution < 1.29 is 4.74 Å². The first-order valence-corrected chi connectivity index (χ1v) is 9.71. The topological polar surface area (TPSA) is 9.23 Å². The summed E-state index contributed by atoms with van der Waals surface area (Å²) in [5.41, 5.74) is 5.63. The summed E-state index contributed by atoms with van der Waals surface area (Å²) in [6.07, 6.45) is 2.18. The van der Waals surface area contributed by atoms with Gasteiger partial charge in [-0.1, -0.05) is 78.3 Å². The number of ether oxygens (including phenoxy) is 1. The molecule has 0 aliphatic heterocycles. The molecule has 1 aromatic carbocycles. The number of rotatable bonds is 6. The Kier molecular flexibility index (Phi) is 6.20. The third-order valence-corrected chi connectivity index (χ3v) is 5.45. The fraction of sp³-hybridized carbons (Fsp3) is 0.636. The minimum atomic E-state index is 0.0477.